The van der Waals surface area contributed by atoms with Crippen LogP contribution in [0, 0.1) is 0 Å². The van der Waals surface area contributed by atoms with E-state index in [0.29, 0.717) is 13.2 Å². The van der Waals surface area contributed by atoms with E-state index in [9.17, 15) is 0 Å². The second-order valence-electron chi connectivity index (χ2n) is 9.65. The zero-order valence-corrected chi connectivity index (χ0v) is 18.6. The Morgan fingerprint density at radius 2 is 1.55 bits per heavy atom. The van der Waals surface area contributed by atoms with Crippen LogP contribution in [0.15, 0.2) is 36.7 Å². The Hall–Kier alpha value is -2.56. The lowest BCUT2D eigenvalue weighted by Crippen LogP contribution is -2.18. The van der Waals surface area contributed by atoms with Gasteiger partial charge < -0.3 is 14.8 Å². The highest BCUT2D eigenvalue weighted by Gasteiger charge is 2.20. The molecule has 0 saturated carbocycles. The molecule has 2 aromatic rings. The molecule has 0 bridgehead atoms. The summed E-state index contributed by atoms with van der Waals surface area (Å²) in [5.74, 6) is 2.57. The normalized spacial score (nSPS) is 15.6. The molecular formula is C24H33N3O2. The Morgan fingerprint density at radius 3 is 2.21 bits per heavy atom. The monoisotopic (exact) mass is 395 g/mol. The van der Waals surface area contributed by atoms with Gasteiger partial charge in [0.2, 0.25) is 0 Å². The second-order valence-corrected chi connectivity index (χ2v) is 9.65. The molecule has 29 heavy (non-hydrogen) atoms. The summed E-state index contributed by atoms with van der Waals surface area (Å²) >= 11 is 0. The number of aryl methyl sites for hydroxylation is 1. The molecule has 4 heterocycles. The molecule has 0 atom stereocenters. The van der Waals surface area contributed by atoms with Crippen molar-refractivity contribution in [1.29, 1.82) is 0 Å². The van der Waals surface area contributed by atoms with Gasteiger partial charge in [-0.05, 0) is 24.5 Å². The maximum atomic E-state index is 5.49. The van der Waals surface area contributed by atoms with Gasteiger partial charge in [0, 0.05) is 34.0 Å². The van der Waals surface area contributed by atoms with Crippen LogP contribution in [0.3, 0.4) is 0 Å². The van der Waals surface area contributed by atoms with Crippen molar-refractivity contribution in [3.63, 3.8) is 0 Å². The molecule has 0 spiro atoms. The number of anilines is 1. The summed E-state index contributed by atoms with van der Waals surface area (Å²) in [6, 6.07) is 6.28. The van der Waals surface area contributed by atoms with Gasteiger partial charge in [0.15, 0.2) is 11.5 Å². The summed E-state index contributed by atoms with van der Waals surface area (Å²) in [6.45, 7) is 18.1. The van der Waals surface area contributed by atoms with Crippen LogP contribution in [0.5, 0.6) is 11.5 Å². The van der Waals surface area contributed by atoms with Crippen LogP contribution in [0.2, 0.25) is 0 Å². The Bertz CT molecular complexity index is 892. The Kier molecular flexibility index (Phi) is 5.87. The fourth-order valence-corrected chi connectivity index (χ4v) is 3.09. The lowest BCUT2D eigenvalue weighted by Gasteiger charge is -2.23. The molecule has 0 unspecified atom stereocenters. The van der Waals surface area contributed by atoms with E-state index in [1.54, 1.807) is 6.20 Å². The van der Waals surface area contributed by atoms with E-state index in [1.165, 1.54) is 5.56 Å². The van der Waals surface area contributed by atoms with Crippen LogP contribution in [-0.2, 0) is 17.3 Å². The zero-order valence-electron chi connectivity index (χ0n) is 18.6. The molecule has 1 N–H and O–H groups in total. The number of nitrogens with one attached hydrogen (secondary N) is 1. The van der Waals surface area contributed by atoms with Crippen LogP contribution in [0.1, 0.15) is 64.9 Å². The van der Waals surface area contributed by atoms with Crippen molar-refractivity contribution < 1.29 is 9.47 Å². The van der Waals surface area contributed by atoms with Crippen molar-refractivity contribution in [2.75, 3.05) is 18.5 Å². The van der Waals surface area contributed by atoms with Crippen molar-refractivity contribution in [1.82, 2.24) is 9.97 Å². The fraction of sp³-hybridized carbons (Fsp3) is 0.500. The Labute approximate surface area is 174 Å². The van der Waals surface area contributed by atoms with Crippen molar-refractivity contribution in [3.05, 3.63) is 53.6 Å². The van der Waals surface area contributed by atoms with Crippen molar-refractivity contribution in [3.8, 4) is 11.5 Å². The SMILES string of the molecule is C=C1CCc2ccc(C(C)(C)C)nc2N1.CC(C)(C)c1cc2c(cn1)OCCO2. The van der Waals surface area contributed by atoms with E-state index in [1.807, 2.05) is 6.07 Å². The van der Waals surface area contributed by atoms with Gasteiger partial charge in [-0.1, -0.05) is 54.2 Å². The van der Waals surface area contributed by atoms with E-state index in [4.69, 9.17) is 9.47 Å². The molecule has 156 valence electrons. The van der Waals surface area contributed by atoms with Gasteiger partial charge in [0.05, 0.1) is 6.20 Å². The van der Waals surface area contributed by atoms with Crippen molar-refractivity contribution in [2.24, 2.45) is 0 Å². The van der Waals surface area contributed by atoms with Gasteiger partial charge >= 0.3 is 0 Å². The second kappa shape index (κ2) is 8.05. The molecule has 5 nitrogen and oxygen atoms in total. The third kappa shape index (κ3) is 5.28. The van der Waals surface area contributed by atoms with Crippen LogP contribution in [0.4, 0.5) is 5.82 Å². The van der Waals surface area contributed by atoms with Gasteiger partial charge in [-0.15, -0.1) is 0 Å². The van der Waals surface area contributed by atoms with Crippen LogP contribution >= 0.6 is 0 Å². The summed E-state index contributed by atoms with van der Waals surface area (Å²) < 4.78 is 10.9. The maximum absolute atomic E-state index is 5.49. The molecule has 2 aromatic heterocycles. The molecule has 5 heteroatoms. The first kappa shape index (κ1) is 21.2. The van der Waals surface area contributed by atoms with Crippen LogP contribution in [-0.4, -0.2) is 23.2 Å². The molecule has 2 aliphatic rings. The number of rotatable bonds is 0. The van der Waals surface area contributed by atoms with E-state index in [-0.39, 0.29) is 10.8 Å². The van der Waals surface area contributed by atoms with Crippen LogP contribution in [0.25, 0.3) is 0 Å². The summed E-state index contributed by atoms with van der Waals surface area (Å²) in [4.78, 5) is 9.02. The number of hydrogen-bond donors (Lipinski definition) is 1. The highest BCUT2D eigenvalue weighted by molar-refractivity contribution is 5.52. The minimum absolute atomic E-state index is 0.0514. The predicted octanol–water partition coefficient (Wildman–Crippen LogP) is 5.40. The van der Waals surface area contributed by atoms with Gasteiger partial charge in [0.25, 0.3) is 0 Å². The number of nitrogens with zero attached hydrogens (tertiary/aromatic N) is 2. The molecule has 4 rings (SSSR count). The molecule has 0 fully saturated rings. The van der Waals surface area contributed by atoms with E-state index < -0.39 is 0 Å². The van der Waals surface area contributed by atoms with E-state index in [2.05, 4.69) is 75.5 Å². The highest BCUT2D eigenvalue weighted by Crippen LogP contribution is 2.33. The van der Waals surface area contributed by atoms with Gasteiger partial charge in [0.1, 0.15) is 19.0 Å². The van der Waals surface area contributed by atoms with Gasteiger partial charge in [-0.25, -0.2) is 4.98 Å². The Morgan fingerprint density at radius 1 is 0.897 bits per heavy atom. The van der Waals surface area contributed by atoms with E-state index in [0.717, 1.165) is 47.2 Å². The first-order valence-electron chi connectivity index (χ1n) is 10.3. The number of ether oxygens (including phenoxy) is 2. The lowest BCUT2D eigenvalue weighted by atomic mass is 9.90. The topological polar surface area (TPSA) is 56.3 Å². The average molecular weight is 396 g/mol. The summed E-state index contributed by atoms with van der Waals surface area (Å²) in [6.07, 6.45) is 3.82. The first-order valence-corrected chi connectivity index (χ1v) is 10.3. The van der Waals surface area contributed by atoms with Gasteiger partial charge in [-0.3, -0.25) is 4.98 Å². The fourth-order valence-electron chi connectivity index (χ4n) is 3.09. The number of allylic oxidation sites excluding steroid dienone is 1. The van der Waals surface area contributed by atoms with Crippen molar-refractivity contribution >= 4 is 5.82 Å². The van der Waals surface area contributed by atoms with Crippen LogP contribution < -0.4 is 14.8 Å². The Balaban J connectivity index is 0.000000166. The molecule has 0 aromatic carbocycles. The molecule has 0 saturated heterocycles. The predicted molar refractivity (Wildman–Crippen MR) is 118 cm³/mol. The molecular weight excluding hydrogens is 362 g/mol. The smallest absolute Gasteiger partial charge is 0.179 e. The third-order valence-corrected chi connectivity index (χ3v) is 4.94. The third-order valence-electron chi connectivity index (χ3n) is 4.94. The number of pyridine rings is 2. The first-order chi connectivity index (χ1) is 13.5. The molecule has 2 aliphatic heterocycles. The number of hydrogen-bond acceptors (Lipinski definition) is 5. The van der Waals surface area contributed by atoms with E-state index >= 15 is 0 Å². The molecule has 0 radical (unpaired) electrons. The highest BCUT2D eigenvalue weighted by atomic mass is 16.6. The summed E-state index contributed by atoms with van der Waals surface area (Å²) in [7, 11) is 0. The lowest BCUT2D eigenvalue weighted by molar-refractivity contribution is 0.170. The quantitative estimate of drug-likeness (QED) is 0.647. The average Bonchev–Trinajstić information content (AvgIpc) is 2.66. The minimum Gasteiger partial charge on any atom is -0.486 e. The summed E-state index contributed by atoms with van der Waals surface area (Å²) in [5, 5.41) is 3.27. The largest absolute Gasteiger partial charge is 0.486 e. The number of aromatic nitrogens is 2. The minimum atomic E-state index is 0.0514. The standard InChI is InChI=1S/C13H18N2.C11H15NO2/c1-9-5-6-10-7-8-11(13(2,3)4)15-12(10)14-9;1-11(2,3)10-6-8-9(7-12-10)14-5-4-13-8/h7-8H,1,5-6H2,2-4H3,(H,14,15);6-7H,4-5H2,1-3H3. The zero-order chi connectivity index (χ0) is 21.2. The maximum Gasteiger partial charge on any atom is 0.179 e. The molecule has 0 amide bonds. The van der Waals surface area contributed by atoms with Crippen molar-refractivity contribution in [2.45, 2.75) is 65.2 Å². The summed E-state index contributed by atoms with van der Waals surface area (Å²) in [5.41, 5.74) is 4.69. The number of fused-ring (bicyclic) bond motifs is 2. The van der Waals surface area contributed by atoms with Gasteiger partial charge in [-0.2, -0.15) is 0 Å². The molecule has 0 aliphatic carbocycles.